The van der Waals surface area contributed by atoms with Crippen LogP contribution in [0.1, 0.15) is 22.8 Å². The molecular weight excluding hydrogens is 280 g/mol. The minimum absolute atomic E-state index is 0.115. The number of amides is 2. The summed E-state index contributed by atoms with van der Waals surface area (Å²) >= 11 is 0. The number of nitrogens with one attached hydrogen (secondary N) is 2. The van der Waals surface area contributed by atoms with Crippen LogP contribution in [0.4, 0.5) is 4.79 Å². The Bertz CT molecular complexity index is 519. The number of hydrogen-bond acceptors (Lipinski definition) is 3. The van der Waals surface area contributed by atoms with E-state index in [2.05, 4.69) is 10.6 Å². The Morgan fingerprint density at radius 3 is 2.65 bits per heavy atom. The molecule has 0 aliphatic heterocycles. The van der Waals surface area contributed by atoms with E-state index in [1.165, 1.54) is 12.1 Å². The first-order chi connectivity index (χ1) is 9.40. The van der Waals surface area contributed by atoms with Crippen molar-refractivity contribution in [2.75, 3.05) is 12.8 Å². The molecule has 0 saturated carbocycles. The standard InChI is InChI=1S/C13H18N2O4S/c1-9(20(2)19)7-14-13(18)15-8-10-4-3-5-11(6-10)12(16)17/h3-6,9H,7-8H2,1-2H3,(H,16,17)(H2,14,15,18). The lowest BCUT2D eigenvalue weighted by Crippen LogP contribution is -2.39. The molecule has 0 fully saturated rings. The van der Waals surface area contributed by atoms with Gasteiger partial charge in [-0.1, -0.05) is 12.1 Å². The Morgan fingerprint density at radius 1 is 1.35 bits per heavy atom. The molecule has 2 unspecified atom stereocenters. The van der Waals surface area contributed by atoms with Gasteiger partial charge in [-0.05, 0) is 24.6 Å². The number of hydrogen-bond donors (Lipinski definition) is 3. The molecular formula is C13H18N2O4S. The zero-order valence-electron chi connectivity index (χ0n) is 11.4. The smallest absolute Gasteiger partial charge is 0.335 e. The van der Waals surface area contributed by atoms with Gasteiger partial charge in [0.05, 0.1) is 5.56 Å². The Hall–Kier alpha value is -1.89. The number of aromatic carboxylic acids is 1. The number of benzene rings is 1. The van der Waals surface area contributed by atoms with E-state index in [9.17, 15) is 13.8 Å². The van der Waals surface area contributed by atoms with Gasteiger partial charge in [0, 0.05) is 35.4 Å². The molecule has 20 heavy (non-hydrogen) atoms. The van der Waals surface area contributed by atoms with E-state index in [-0.39, 0.29) is 23.4 Å². The number of carbonyl (C=O) groups excluding carboxylic acids is 1. The number of urea groups is 1. The first-order valence-electron chi connectivity index (χ1n) is 6.06. The van der Waals surface area contributed by atoms with Gasteiger partial charge in [0.15, 0.2) is 0 Å². The lowest BCUT2D eigenvalue weighted by molar-refractivity contribution is 0.0696. The van der Waals surface area contributed by atoms with E-state index in [1.807, 2.05) is 0 Å². The molecule has 0 aliphatic rings. The summed E-state index contributed by atoms with van der Waals surface area (Å²) in [4.78, 5) is 22.3. The Labute approximate surface area is 120 Å². The van der Waals surface area contributed by atoms with Gasteiger partial charge in [-0.25, -0.2) is 9.59 Å². The second-order valence-corrected chi connectivity index (χ2v) is 6.18. The summed E-state index contributed by atoms with van der Waals surface area (Å²) in [5.74, 6) is -1.00. The van der Waals surface area contributed by atoms with Gasteiger partial charge in [0.1, 0.15) is 0 Å². The highest BCUT2D eigenvalue weighted by molar-refractivity contribution is 7.84. The van der Waals surface area contributed by atoms with Crippen LogP contribution in [0.3, 0.4) is 0 Å². The fraction of sp³-hybridized carbons (Fsp3) is 0.385. The van der Waals surface area contributed by atoms with Crippen LogP contribution in [-0.2, 0) is 17.3 Å². The molecule has 6 nitrogen and oxygen atoms in total. The predicted molar refractivity (Wildman–Crippen MR) is 77.2 cm³/mol. The largest absolute Gasteiger partial charge is 0.478 e. The summed E-state index contributed by atoms with van der Waals surface area (Å²) in [6.07, 6.45) is 1.58. The van der Waals surface area contributed by atoms with Crippen molar-refractivity contribution < 1.29 is 18.9 Å². The van der Waals surface area contributed by atoms with Crippen molar-refractivity contribution in [2.24, 2.45) is 0 Å². The summed E-state index contributed by atoms with van der Waals surface area (Å²) in [6.45, 7) is 2.34. The normalized spacial score (nSPS) is 13.3. The Morgan fingerprint density at radius 2 is 2.05 bits per heavy atom. The molecule has 0 aliphatic carbocycles. The molecule has 3 N–H and O–H groups in total. The van der Waals surface area contributed by atoms with Crippen LogP contribution in [0.5, 0.6) is 0 Å². The van der Waals surface area contributed by atoms with E-state index in [4.69, 9.17) is 5.11 Å². The molecule has 0 spiro atoms. The molecule has 0 saturated heterocycles. The molecule has 0 heterocycles. The second kappa shape index (κ2) is 7.64. The van der Waals surface area contributed by atoms with Crippen molar-refractivity contribution in [3.8, 4) is 0 Å². The van der Waals surface area contributed by atoms with E-state index in [0.29, 0.717) is 12.1 Å². The van der Waals surface area contributed by atoms with Crippen LogP contribution in [0, 0.1) is 0 Å². The van der Waals surface area contributed by atoms with Crippen molar-refractivity contribution in [3.05, 3.63) is 35.4 Å². The molecule has 0 aromatic heterocycles. The molecule has 7 heteroatoms. The molecule has 1 aromatic carbocycles. The zero-order chi connectivity index (χ0) is 15.1. The number of carbonyl (C=O) groups is 2. The third kappa shape index (κ3) is 5.40. The first kappa shape index (κ1) is 16.2. The SMILES string of the molecule is CC(CNC(=O)NCc1cccc(C(=O)O)c1)S(C)=O. The fourth-order valence-electron chi connectivity index (χ4n) is 1.41. The van der Waals surface area contributed by atoms with Gasteiger partial charge in [-0.15, -0.1) is 0 Å². The van der Waals surface area contributed by atoms with Crippen LogP contribution in [0.15, 0.2) is 24.3 Å². The van der Waals surface area contributed by atoms with Crippen molar-refractivity contribution in [1.29, 1.82) is 0 Å². The maximum atomic E-state index is 11.5. The molecule has 2 amide bonds. The summed E-state index contributed by atoms with van der Waals surface area (Å²) in [7, 11) is -0.983. The van der Waals surface area contributed by atoms with E-state index in [0.717, 1.165) is 0 Å². The van der Waals surface area contributed by atoms with Gasteiger partial charge < -0.3 is 15.7 Å². The molecule has 1 rings (SSSR count). The maximum absolute atomic E-state index is 11.5. The topological polar surface area (TPSA) is 95.5 Å². The van der Waals surface area contributed by atoms with E-state index >= 15 is 0 Å². The van der Waals surface area contributed by atoms with Crippen molar-refractivity contribution in [3.63, 3.8) is 0 Å². The lowest BCUT2D eigenvalue weighted by Gasteiger charge is -2.11. The molecule has 2 atom stereocenters. The highest BCUT2D eigenvalue weighted by atomic mass is 32.2. The minimum atomic E-state index is -1.00. The van der Waals surface area contributed by atoms with Crippen LogP contribution >= 0.6 is 0 Å². The number of carboxylic acids is 1. The molecule has 110 valence electrons. The van der Waals surface area contributed by atoms with Crippen LogP contribution in [-0.4, -0.2) is 39.4 Å². The lowest BCUT2D eigenvalue weighted by atomic mass is 10.1. The number of carboxylic acid groups (broad SMARTS) is 1. The Balaban J connectivity index is 2.43. The summed E-state index contributed by atoms with van der Waals surface area (Å²) in [5.41, 5.74) is 0.881. The molecule has 1 aromatic rings. The average Bonchev–Trinajstić information content (AvgIpc) is 2.42. The van der Waals surface area contributed by atoms with E-state index in [1.54, 1.807) is 25.3 Å². The van der Waals surface area contributed by atoms with Crippen molar-refractivity contribution in [1.82, 2.24) is 10.6 Å². The van der Waals surface area contributed by atoms with Gasteiger partial charge in [0.25, 0.3) is 0 Å². The second-order valence-electron chi connectivity index (χ2n) is 4.38. The zero-order valence-corrected chi connectivity index (χ0v) is 12.2. The third-order valence-electron chi connectivity index (χ3n) is 2.74. The highest BCUT2D eigenvalue weighted by Crippen LogP contribution is 2.04. The molecule has 0 radical (unpaired) electrons. The predicted octanol–water partition coefficient (Wildman–Crippen LogP) is 0.951. The number of rotatable bonds is 6. The first-order valence-corrected chi connectivity index (χ1v) is 7.68. The maximum Gasteiger partial charge on any atom is 0.335 e. The monoisotopic (exact) mass is 298 g/mol. The third-order valence-corrected chi connectivity index (χ3v) is 4.04. The fourth-order valence-corrected chi connectivity index (χ4v) is 1.73. The summed E-state index contributed by atoms with van der Waals surface area (Å²) in [5, 5.41) is 14.0. The van der Waals surface area contributed by atoms with Crippen LogP contribution < -0.4 is 10.6 Å². The minimum Gasteiger partial charge on any atom is -0.478 e. The highest BCUT2D eigenvalue weighted by Gasteiger charge is 2.08. The average molecular weight is 298 g/mol. The summed E-state index contributed by atoms with van der Waals surface area (Å²) in [6, 6.07) is 5.98. The quantitative estimate of drug-likeness (QED) is 0.728. The van der Waals surface area contributed by atoms with Gasteiger partial charge in [-0.2, -0.15) is 0 Å². The van der Waals surface area contributed by atoms with Gasteiger partial charge in [-0.3, -0.25) is 4.21 Å². The Kier molecular flexibility index (Phi) is 6.17. The van der Waals surface area contributed by atoms with Crippen molar-refractivity contribution >= 4 is 22.8 Å². The van der Waals surface area contributed by atoms with Gasteiger partial charge >= 0.3 is 12.0 Å². The summed E-state index contributed by atoms with van der Waals surface area (Å²) < 4.78 is 11.1. The van der Waals surface area contributed by atoms with Crippen molar-refractivity contribution in [2.45, 2.75) is 18.7 Å². The van der Waals surface area contributed by atoms with Gasteiger partial charge in [0.2, 0.25) is 0 Å². The van der Waals surface area contributed by atoms with Crippen LogP contribution in [0.2, 0.25) is 0 Å². The van der Waals surface area contributed by atoms with E-state index < -0.39 is 16.8 Å². The van der Waals surface area contributed by atoms with Crippen LogP contribution in [0.25, 0.3) is 0 Å². The molecule has 0 bridgehead atoms.